The van der Waals surface area contributed by atoms with Crippen molar-refractivity contribution in [3.05, 3.63) is 0 Å². The van der Waals surface area contributed by atoms with E-state index in [2.05, 4.69) is 31.0 Å². The average Bonchev–Trinajstić information content (AvgIpc) is 2.37. The molecule has 1 rings (SSSR count). The Morgan fingerprint density at radius 2 is 1.84 bits per heavy atom. The van der Waals surface area contributed by atoms with Gasteiger partial charge < -0.3 is 15.4 Å². The summed E-state index contributed by atoms with van der Waals surface area (Å²) < 4.78 is 4.91. The number of nitrogens with zero attached hydrogens (tertiary/aromatic N) is 3. The van der Waals surface area contributed by atoms with E-state index in [0.717, 1.165) is 0 Å². The molecule has 106 valence electrons. The fourth-order valence-corrected chi connectivity index (χ4v) is 1.25. The number of methoxy groups -OCH3 is 1. The highest BCUT2D eigenvalue weighted by molar-refractivity contribution is 5.83. The van der Waals surface area contributed by atoms with Gasteiger partial charge in [0, 0.05) is 6.04 Å². The molecular formula is C10H19N7O2. The van der Waals surface area contributed by atoms with Crippen molar-refractivity contribution in [2.75, 3.05) is 17.9 Å². The lowest BCUT2D eigenvalue weighted by atomic mass is 10.3. The number of hydrazine groups is 1. The molecule has 1 amide bonds. The van der Waals surface area contributed by atoms with Gasteiger partial charge in [0.2, 0.25) is 17.8 Å². The molecule has 19 heavy (non-hydrogen) atoms. The summed E-state index contributed by atoms with van der Waals surface area (Å²) in [5.74, 6) is 5.42. The number of hydrogen-bond acceptors (Lipinski definition) is 8. The van der Waals surface area contributed by atoms with Gasteiger partial charge in [0.1, 0.15) is 6.04 Å². The van der Waals surface area contributed by atoms with E-state index in [1.54, 1.807) is 6.92 Å². The molecule has 1 aromatic heterocycles. The number of carbonyl (C=O) groups excluding carboxylic acids is 1. The minimum absolute atomic E-state index is 0.0610. The number of ether oxygens (including phenoxy) is 1. The van der Waals surface area contributed by atoms with Gasteiger partial charge in [0.25, 0.3) is 0 Å². The molecule has 0 saturated heterocycles. The van der Waals surface area contributed by atoms with E-state index in [-0.39, 0.29) is 29.9 Å². The predicted molar refractivity (Wildman–Crippen MR) is 70.6 cm³/mol. The van der Waals surface area contributed by atoms with Crippen LogP contribution in [-0.4, -0.2) is 40.1 Å². The fourth-order valence-electron chi connectivity index (χ4n) is 1.25. The molecule has 0 spiro atoms. The molecule has 0 aliphatic heterocycles. The van der Waals surface area contributed by atoms with Crippen LogP contribution >= 0.6 is 0 Å². The van der Waals surface area contributed by atoms with Gasteiger partial charge >= 0.3 is 6.01 Å². The molecule has 9 nitrogen and oxygen atoms in total. The summed E-state index contributed by atoms with van der Waals surface area (Å²) in [6.45, 7) is 5.46. The van der Waals surface area contributed by atoms with Crippen molar-refractivity contribution in [1.82, 2.24) is 20.3 Å². The summed E-state index contributed by atoms with van der Waals surface area (Å²) in [6, 6.07) is -0.340. The number of carbonyl (C=O) groups is 1. The van der Waals surface area contributed by atoms with Gasteiger partial charge in [-0.3, -0.25) is 10.2 Å². The number of rotatable bonds is 6. The molecule has 1 atom stereocenters. The molecule has 0 bridgehead atoms. The number of amides is 1. The van der Waals surface area contributed by atoms with E-state index in [9.17, 15) is 4.79 Å². The Morgan fingerprint density at radius 1 is 1.21 bits per heavy atom. The lowest BCUT2D eigenvalue weighted by Crippen LogP contribution is -2.41. The Balaban J connectivity index is 2.78. The number of hydrogen-bond donors (Lipinski definition) is 4. The van der Waals surface area contributed by atoms with Crippen molar-refractivity contribution < 1.29 is 9.53 Å². The van der Waals surface area contributed by atoms with Gasteiger partial charge in [-0.15, -0.1) is 0 Å². The second-order valence-electron chi connectivity index (χ2n) is 4.14. The van der Waals surface area contributed by atoms with Crippen LogP contribution in [-0.2, 0) is 4.79 Å². The third-order valence-electron chi connectivity index (χ3n) is 2.10. The van der Waals surface area contributed by atoms with Gasteiger partial charge in [0.15, 0.2) is 0 Å². The quantitative estimate of drug-likeness (QED) is 0.402. The van der Waals surface area contributed by atoms with E-state index < -0.39 is 6.04 Å². The number of anilines is 2. The van der Waals surface area contributed by atoms with Crippen molar-refractivity contribution >= 4 is 17.8 Å². The van der Waals surface area contributed by atoms with Crippen molar-refractivity contribution in [2.45, 2.75) is 32.9 Å². The molecule has 1 heterocycles. The van der Waals surface area contributed by atoms with Crippen LogP contribution in [0, 0.1) is 0 Å². The van der Waals surface area contributed by atoms with Crippen LogP contribution in [0.2, 0.25) is 0 Å². The third-order valence-corrected chi connectivity index (χ3v) is 2.10. The maximum atomic E-state index is 11.8. The molecule has 0 saturated carbocycles. The highest BCUT2D eigenvalue weighted by Gasteiger charge is 2.15. The Hall–Kier alpha value is -2.16. The normalized spacial score (nSPS) is 11.9. The Bertz CT molecular complexity index is 416. The number of nitrogen functional groups attached to an aromatic ring is 1. The zero-order chi connectivity index (χ0) is 14.4. The summed E-state index contributed by atoms with van der Waals surface area (Å²) in [7, 11) is 1.42. The zero-order valence-electron chi connectivity index (χ0n) is 11.4. The second-order valence-corrected chi connectivity index (χ2v) is 4.14. The smallest absolute Gasteiger partial charge is 0.322 e. The molecule has 0 aliphatic rings. The van der Waals surface area contributed by atoms with Crippen LogP contribution < -0.4 is 26.6 Å². The molecule has 5 N–H and O–H groups in total. The first-order valence-electron chi connectivity index (χ1n) is 5.79. The Kier molecular flexibility index (Phi) is 5.24. The van der Waals surface area contributed by atoms with Gasteiger partial charge in [-0.1, -0.05) is 0 Å². The van der Waals surface area contributed by atoms with Crippen molar-refractivity contribution in [3.8, 4) is 6.01 Å². The lowest BCUT2D eigenvalue weighted by Gasteiger charge is -2.16. The molecule has 9 heteroatoms. The highest BCUT2D eigenvalue weighted by atomic mass is 16.5. The minimum Gasteiger partial charge on any atom is -0.467 e. The van der Waals surface area contributed by atoms with Gasteiger partial charge in [-0.25, -0.2) is 5.84 Å². The van der Waals surface area contributed by atoms with Gasteiger partial charge in [-0.05, 0) is 20.8 Å². The summed E-state index contributed by atoms with van der Waals surface area (Å²) in [6.07, 6.45) is 0. The summed E-state index contributed by atoms with van der Waals surface area (Å²) in [5, 5.41) is 5.62. The van der Waals surface area contributed by atoms with Crippen molar-refractivity contribution in [1.29, 1.82) is 0 Å². The monoisotopic (exact) mass is 269 g/mol. The Morgan fingerprint density at radius 3 is 2.37 bits per heavy atom. The molecule has 0 aliphatic carbocycles. The maximum absolute atomic E-state index is 11.8. The van der Waals surface area contributed by atoms with E-state index in [1.165, 1.54) is 7.11 Å². The average molecular weight is 269 g/mol. The molecular weight excluding hydrogens is 250 g/mol. The standard InChI is InChI=1S/C10H19N7O2/c1-5(2)12-7(18)6(3)13-8-14-9(17-11)16-10(15-8)19-4/h5-6H,11H2,1-4H3,(H,12,18)(H2,13,14,15,16,17). The minimum atomic E-state index is -0.500. The van der Waals surface area contributed by atoms with Gasteiger partial charge in [-0.2, -0.15) is 15.0 Å². The van der Waals surface area contributed by atoms with Crippen LogP contribution in [0.25, 0.3) is 0 Å². The molecule has 0 radical (unpaired) electrons. The van der Waals surface area contributed by atoms with E-state index in [1.807, 2.05) is 13.8 Å². The van der Waals surface area contributed by atoms with Crippen LogP contribution in [0.5, 0.6) is 6.01 Å². The van der Waals surface area contributed by atoms with E-state index in [4.69, 9.17) is 10.6 Å². The summed E-state index contributed by atoms with van der Waals surface area (Å²) >= 11 is 0. The second kappa shape index (κ2) is 6.69. The predicted octanol–water partition coefficient (Wildman–Crippen LogP) is -0.509. The molecule has 1 aromatic rings. The zero-order valence-corrected chi connectivity index (χ0v) is 11.4. The summed E-state index contributed by atoms with van der Waals surface area (Å²) in [5.41, 5.74) is 2.29. The lowest BCUT2D eigenvalue weighted by molar-refractivity contribution is -0.122. The van der Waals surface area contributed by atoms with Crippen molar-refractivity contribution in [3.63, 3.8) is 0 Å². The number of nitrogens with two attached hydrogens (primary N) is 1. The SMILES string of the molecule is COc1nc(NN)nc(NC(C)C(=O)NC(C)C)n1. The van der Waals surface area contributed by atoms with Crippen LogP contribution in [0.4, 0.5) is 11.9 Å². The maximum Gasteiger partial charge on any atom is 0.322 e. The first-order chi connectivity index (χ1) is 8.96. The van der Waals surface area contributed by atoms with Gasteiger partial charge in [0.05, 0.1) is 7.11 Å². The Labute approximate surface area is 111 Å². The summed E-state index contributed by atoms with van der Waals surface area (Å²) in [4.78, 5) is 23.5. The number of aromatic nitrogens is 3. The van der Waals surface area contributed by atoms with Crippen molar-refractivity contribution in [2.24, 2.45) is 5.84 Å². The van der Waals surface area contributed by atoms with Crippen LogP contribution in [0.1, 0.15) is 20.8 Å². The van der Waals surface area contributed by atoms with Crippen LogP contribution in [0.15, 0.2) is 0 Å². The molecule has 0 aromatic carbocycles. The topological polar surface area (TPSA) is 127 Å². The largest absolute Gasteiger partial charge is 0.467 e. The molecule has 1 unspecified atom stereocenters. The molecule has 0 fully saturated rings. The van der Waals surface area contributed by atoms with E-state index in [0.29, 0.717) is 0 Å². The third kappa shape index (κ3) is 4.54. The number of nitrogens with one attached hydrogen (secondary N) is 3. The van der Waals surface area contributed by atoms with E-state index >= 15 is 0 Å². The first kappa shape index (κ1) is 14.9. The highest BCUT2D eigenvalue weighted by Crippen LogP contribution is 2.10. The first-order valence-corrected chi connectivity index (χ1v) is 5.79. The fraction of sp³-hybridized carbons (Fsp3) is 0.600. The van der Waals surface area contributed by atoms with Crippen LogP contribution in [0.3, 0.4) is 0 Å².